The molecule has 3 heteroatoms. The topological polar surface area (TPSA) is 3.24 Å². The summed E-state index contributed by atoms with van der Waals surface area (Å²) in [5.74, 6) is -0.935. The fourth-order valence-electron chi connectivity index (χ4n) is 2.01. The lowest BCUT2D eigenvalue weighted by Crippen LogP contribution is -2.29. The van der Waals surface area contributed by atoms with Crippen LogP contribution >= 0.6 is 0 Å². The van der Waals surface area contributed by atoms with Crippen molar-refractivity contribution in [3.8, 4) is 0 Å². The predicted molar refractivity (Wildman–Crippen MR) is 55.5 cm³/mol. The van der Waals surface area contributed by atoms with Gasteiger partial charge >= 0.3 is 0 Å². The van der Waals surface area contributed by atoms with E-state index in [1.165, 1.54) is 25.3 Å². The van der Waals surface area contributed by atoms with Gasteiger partial charge in [-0.1, -0.05) is 12.5 Å². The Labute approximate surface area is 88.7 Å². The maximum atomic E-state index is 13.3. The summed E-state index contributed by atoms with van der Waals surface area (Å²) in [5.41, 5.74) is 0.596. The molecular weight excluding hydrogens is 196 g/mol. The van der Waals surface area contributed by atoms with Crippen LogP contribution in [-0.4, -0.2) is 18.0 Å². The highest BCUT2D eigenvalue weighted by Gasteiger charge is 2.12. The lowest BCUT2D eigenvalue weighted by molar-refractivity contribution is 0.218. The molecule has 1 aromatic carbocycles. The quantitative estimate of drug-likeness (QED) is 0.727. The maximum absolute atomic E-state index is 13.3. The highest BCUT2D eigenvalue weighted by Crippen LogP contribution is 2.15. The number of benzene rings is 1. The molecule has 1 nitrogen and oxygen atoms in total. The van der Waals surface area contributed by atoms with Crippen LogP contribution in [0.1, 0.15) is 24.8 Å². The molecule has 0 N–H and O–H groups in total. The fourth-order valence-corrected chi connectivity index (χ4v) is 2.01. The van der Waals surface area contributed by atoms with Crippen LogP contribution in [0, 0.1) is 11.6 Å². The minimum Gasteiger partial charge on any atom is -0.299 e. The lowest BCUT2D eigenvalue weighted by atomic mass is 10.1. The van der Waals surface area contributed by atoms with Gasteiger partial charge < -0.3 is 0 Å². The second kappa shape index (κ2) is 4.71. The summed E-state index contributed by atoms with van der Waals surface area (Å²) in [5, 5.41) is 0. The summed E-state index contributed by atoms with van der Waals surface area (Å²) in [6, 6.07) is 3.82. The second-order valence-electron chi connectivity index (χ2n) is 4.07. The molecule has 1 saturated heterocycles. The molecule has 0 atom stereocenters. The first-order valence-corrected chi connectivity index (χ1v) is 5.42. The van der Waals surface area contributed by atoms with E-state index in [1.54, 1.807) is 6.07 Å². The van der Waals surface area contributed by atoms with Crippen molar-refractivity contribution in [2.75, 3.05) is 13.1 Å². The number of halogens is 2. The minimum absolute atomic E-state index is 0.430. The van der Waals surface area contributed by atoms with Crippen LogP contribution in [0.15, 0.2) is 18.2 Å². The average molecular weight is 211 g/mol. The largest absolute Gasteiger partial charge is 0.299 e. The fraction of sp³-hybridized carbons (Fsp3) is 0.500. The van der Waals surface area contributed by atoms with Gasteiger partial charge in [-0.25, -0.2) is 8.78 Å². The molecule has 0 amide bonds. The Hall–Kier alpha value is -0.960. The number of hydrogen-bond acceptors (Lipinski definition) is 1. The molecule has 15 heavy (non-hydrogen) atoms. The van der Waals surface area contributed by atoms with E-state index in [4.69, 9.17) is 0 Å². The number of likely N-dealkylation sites (tertiary alicyclic amines) is 1. The summed E-state index contributed by atoms with van der Waals surface area (Å²) in [6.45, 7) is 2.65. The number of rotatable bonds is 2. The molecule has 1 aliphatic rings. The molecule has 0 aliphatic carbocycles. The van der Waals surface area contributed by atoms with E-state index in [2.05, 4.69) is 4.90 Å². The Balaban J connectivity index is 2.03. The van der Waals surface area contributed by atoms with E-state index in [0.717, 1.165) is 19.2 Å². The highest BCUT2D eigenvalue weighted by molar-refractivity contribution is 5.18. The van der Waals surface area contributed by atoms with Crippen LogP contribution in [0.2, 0.25) is 0 Å². The number of nitrogens with zero attached hydrogens (tertiary/aromatic N) is 1. The molecule has 1 aliphatic heterocycles. The molecule has 0 unspecified atom stereocenters. The first-order chi connectivity index (χ1) is 7.25. The molecule has 1 fully saturated rings. The van der Waals surface area contributed by atoms with Gasteiger partial charge in [0.15, 0.2) is 0 Å². The van der Waals surface area contributed by atoms with Crippen molar-refractivity contribution >= 4 is 0 Å². The molecule has 1 aromatic rings. The van der Waals surface area contributed by atoms with Crippen molar-refractivity contribution < 1.29 is 8.78 Å². The van der Waals surface area contributed by atoms with Crippen molar-refractivity contribution in [3.63, 3.8) is 0 Å². The SMILES string of the molecule is Fc1ccc(CN2CCCCC2)c(F)c1. The summed E-state index contributed by atoms with van der Waals surface area (Å²) in [7, 11) is 0. The van der Waals surface area contributed by atoms with Gasteiger partial charge in [-0.15, -0.1) is 0 Å². The van der Waals surface area contributed by atoms with Gasteiger partial charge in [0.05, 0.1) is 0 Å². The zero-order chi connectivity index (χ0) is 10.7. The van der Waals surface area contributed by atoms with Crippen LogP contribution in [-0.2, 0) is 6.54 Å². The minimum atomic E-state index is -0.505. The maximum Gasteiger partial charge on any atom is 0.130 e. The van der Waals surface area contributed by atoms with Crippen LogP contribution in [0.3, 0.4) is 0 Å². The van der Waals surface area contributed by atoms with Crippen molar-refractivity contribution in [3.05, 3.63) is 35.4 Å². The molecule has 0 spiro atoms. The van der Waals surface area contributed by atoms with Crippen LogP contribution in [0.4, 0.5) is 8.78 Å². The van der Waals surface area contributed by atoms with Crippen LogP contribution in [0.5, 0.6) is 0 Å². The van der Waals surface area contributed by atoms with Crippen molar-refractivity contribution in [1.29, 1.82) is 0 Å². The van der Waals surface area contributed by atoms with Crippen LogP contribution in [0.25, 0.3) is 0 Å². The molecule has 1 heterocycles. The van der Waals surface area contributed by atoms with Crippen LogP contribution < -0.4 is 0 Å². The van der Waals surface area contributed by atoms with Crippen molar-refractivity contribution in [2.24, 2.45) is 0 Å². The molecule has 0 saturated carbocycles. The van der Waals surface area contributed by atoms with Gasteiger partial charge in [-0.3, -0.25) is 4.90 Å². The molecular formula is C12H15F2N. The third-order valence-electron chi connectivity index (χ3n) is 2.86. The Morgan fingerprint density at radius 2 is 1.80 bits per heavy atom. The number of piperidine rings is 1. The Bertz CT molecular complexity index is 332. The van der Waals surface area contributed by atoms with E-state index < -0.39 is 11.6 Å². The van der Waals surface area contributed by atoms with Gasteiger partial charge in [0.25, 0.3) is 0 Å². The first kappa shape index (κ1) is 10.6. The standard InChI is InChI=1S/C12H15F2N/c13-11-5-4-10(12(14)8-11)9-15-6-2-1-3-7-15/h4-5,8H,1-3,6-7,9H2. The van der Waals surface area contributed by atoms with E-state index in [1.807, 2.05) is 0 Å². The van der Waals surface area contributed by atoms with Crippen molar-refractivity contribution in [1.82, 2.24) is 4.90 Å². The molecule has 0 radical (unpaired) electrons. The normalized spacial score (nSPS) is 18.0. The molecule has 0 bridgehead atoms. The van der Waals surface area contributed by atoms with Gasteiger partial charge in [0.1, 0.15) is 11.6 Å². The summed E-state index contributed by atoms with van der Waals surface area (Å²) >= 11 is 0. The zero-order valence-electron chi connectivity index (χ0n) is 8.68. The summed E-state index contributed by atoms with van der Waals surface area (Å²) in [6.07, 6.45) is 3.63. The lowest BCUT2D eigenvalue weighted by Gasteiger charge is -2.26. The van der Waals surface area contributed by atoms with Crippen molar-refractivity contribution in [2.45, 2.75) is 25.8 Å². The van der Waals surface area contributed by atoms with E-state index in [-0.39, 0.29) is 0 Å². The zero-order valence-corrected chi connectivity index (χ0v) is 8.68. The smallest absolute Gasteiger partial charge is 0.130 e. The average Bonchev–Trinajstić information content (AvgIpc) is 2.24. The Kier molecular flexibility index (Phi) is 3.31. The molecule has 2 rings (SSSR count). The summed E-state index contributed by atoms with van der Waals surface area (Å²) < 4.78 is 26.0. The highest BCUT2D eigenvalue weighted by atomic mass is 19.1. The van der Waals surface area contributed by atoms with E-state index >= 15 is 0 Å². The second-order valence-corrected chi connectivity index (χ2v) is 4.07. The molecule has 82 valence electrons. The Morgan fingerprint density at radius 3 is 2.47 bits per heavy atom. The molecule has 0 aromatic heterocycles. The van der Waals surface area contributed by atoms with Gasteiger partial charge in [-0.05, 0) is 32.0 Å². The van der Waals surface area contributed by atoms with E-state index in [9.17, 15) is 8.78 Å². The van der Waals surface area contributed by atoms with Gasteiger partial charge in [-0.2, -0.15) is 0 Å². The third kappa shape index (κ3) is 2.75. The first-order valence-electron chi connectivity index (χ1n) is 5.42. The van der Waals surface area contributed by atoms with E-state index in [0.29, 0.717) is 12.1 Å². The monoisotopic (exact) mass is 211 g/mol. The number of hydrogen-bond donors (Lipinski definition) is 0. The predicted octanol–water partition coefficient (Wildman–Crippen LogP) is 2.95. The Morgan fingerprint density at radius 1 is 1.07 bits per heavy atom. The summed E-state index contributed by atoms with van der Waals surface area (Å²) in [4.78, 5) is 2.22. The third-order valence-corrected chi connectivity index (χ3v) is 2.86. The van der Waals surface area contributed by atoms with Gasteiger partial charge in [0, 0.05) is 18.2 Å². The van der Waals surface area contributed by atoms with Gasteiger partial charge in [0.2, 0.25) is 0 Å².